The van der Waals surface area contributed by atoms with E-state index in [9.17, 15) is 4.79 Å². The largest absolute Gasteiger partial charge is 0.469 e. The van der Waals surface area contributed by atoms with Gasteiger partial charge in [-0.15, -0.1) is 0 Å². The van der Waals surface area contributed by atoms with Gasteiger partial charge in [0.15, 0.2) is 5.11 Å². The molecule has 2 aliphatic heterocycles. The van der Waals surface area contributed by atoms with Gasteiger partial charge in [-0.2, -0.15) is 0 Å². The number of nitrogens with one attached hydrogen (secondary N) is 1. The number of carbonyl (C=O) groups excluding carboxylic acids is 1. The molecule has 194 valence electrons. The van der Waals surface area contributed by atoms with Crippen LogP contribution in [0.3, 0.4) is 0 Å². The summed E-state index contributed by atoms with van der Waals surface area (Å²) in [4.78, 5) is 21.1. The summed E-state index contributed by atoms with van der Waals surface area (Å²) in [5.41, 5.74) is 6.67. The van der Waals surface area contributed by atoms with E-state index in [1.54, 1.807) is 6.20 Å². The van der Waals surface area contributed by atoms with E-state index >= 15 is 0 Å². The third-order valence-corrected chi connectivity index (χ3v) is 7.61. The zero-order valence-corrected chi connectivity index (χ0v) is 22.3. The van der Waals surface area contributed by atoms with Gasteiger partial charge in [0, 0.05) is 48.6 Å². The SMILES string of the molecule is COC(=O)CCN1C(=S)N[C@@H](c2ccccn2)[C@@H]1c1cc(C)n(-c2ccc(N3CCOCC3)cc2)c1C. The zero-order chi connectivity index (χ0) is 25.9. The molecular weight excluding hydrogens is 486 g/mol. The number of hydrogen-bond donors (Lipinski definition) is 1. The molecule has 8 nitrogen and oxygen atoms in total. The second kappa shape index (κ2) is 10.9. The van der Waals surface area contributed by atoms with Crippen LogP contribution in [-0.4, -0.2) is 65.5 Å². The fourth-order valence-electron chi connectivity index (χ4n) is 5.42. The Hall–Kier alpha value is -3.43. The lowest BCUT2D eigenvalue weighted by molar-refractivity contribution is -0.140. The van der Waals surface area contributed by atoms with Gasteiger partial charge in [-0.25, -0.2) is 0 Å². The fraction of sp³-hybridized carbons (Fsp3) is 0.393. The number of aromatic nitrogens is 2. The lowest BCUT2D eigenvalue weighted by atomic mass is 9.96. The van der Waals surface area contributed by atoms with Crippen molar-refractivity contribution in [3.63, 3.8) is 0 Å². The molecule has 1 N–H and O–H groups in total. The number of hydrogen-bond acceptors (Lipinski definition) is 6. The molecule has 0 radical (unpaired) electrons. The number of carbonyl (C=O) groups is 1. The van der Waals surface area contributed by atoms with E-state index < -0.39 is 0 Å². The van der Waals surface area contributed by atoms with Gasteiger partial charge < -0.3 is 29.2 Å². The number of anilines is 1. The number of benzene rings is 1. The molecule has 1 aromatic carbocycles. The van der Waals surface area contributed by atoms with E-state index in [4.69, 9.17) is 21.7 Å². The van der Waals surface area contributed by atoms with Crippen LogP contribution in [0.2, 0.25) is 0 Å². The van der Waals surface area contributed by atoms with Crippen LogP contribution in [0.4, 0.5) is 5.69 Å². The summed E-state index contributed by atoms with van der Waals surface area (Å²) >= 11 is 5.75. The Morgan fingerprint density at radius 3 is 2.54 bits per heavy atom. The van der Waals surface area contributed by atoms with E-state index in [0.717, 1.165) is 54.6 Å². The lowest BCUT2D eigenvalue weighted by Gasteiger charge is -2.29. The smallest absolute Gasteiger partial charge is 0.307 e. The Bertz CT molecular complexity index is 1250. The number of esters is 1. The quantitative estimate of drug-likeness (QED) is 0.373. The molecule has 9 heteroatoms. The molecule has 0 saturated carbocycles. The minimum Gasteiger partial charge on any atom is -0.469 e. The molecule has 0 bridgehead atoms. The first-order valence-corrected chi connectivity index (χ1v) is 13.1. The standard InChI is InChI=1S/C28H33N5O3S/c1-19-18-23(20(2)33(19)22-9-7-21(8-10-22)31-14-16-36-17-15-31)27-26(24-6-4-5-12-29-24)30-28(37)32(27)13-11-25(34)35-3/h4-10,12,18,26-27H,11,13-17H2,1-3H3,(H,30,37)/t26-,27-/m0/s1. The van der Waals surface area contributed by atoms with Crippen LogP contribution in [0.5, 0.6) is 0 Å². The molecule has 0 aliphatic carbocycles. The zero-order valence-electron chi connectivity index (χ0n) is 21.5. The van der Waals surface area contributed by atoms with Crippen molar-refractivity contribution in [1.82, 2.24) is 19.8 Å². The summed E-state index contributed by atoms with van der Waals surface area (Å²) in [7, 11) is 1.41. The summed E-state index contributed by atoms with van der Waals surface area (Å²) in [5, 5.41) is 4.08. The molecule has 0 amide bonds. The third kappa shape index (κ3) is 5.06. The van der Waals surface area contributed by atoms with Gasteiger partial charge >= 0.3 is 5.97 Å². The first-order valence-electron chi connectivity index (χ1n) is 12.6. The number of methoxy groups -OCH3 is 1. The first kappa shape index (κ1) is 25.2. The second-order valence-corrected chi connectivity index (χ2v) is 9.81. The molecule has 0 spiro atoms. The van der Waals surface area contributed by atoms with Crippen molar-refractivity contribution < 1.29 is 14.3 Å². The van der Waals surface area contributed by atoms with Crippen molar-refractivity contribution in [1.29, 1.82) is 0 Å². The second-order valence-electron chi connectivity index (χ2n) is 9.42. The van der Waals surface area contributed by atoms with Crippen molar-refractivity contribution in [3.8, 4) is 5.69 Å². The fourth-order valence-corrected chi connectivity index (χ4v) is 5.75. The number of nitrogens with zero attached hydrogens (tertiary/aromatic N) is 4. The summed E-state index contributed by atoms with van der Waals surface area (Å²) in [5.74, 6) is -0.256. The average molecular weight is 520 g/mol. The lowest BCUT2D eigenvalue weighted by Crippen LogP contribution is -2.36. The predicted octanol–water partition coefficient (Wildman–Crippen LogP) is 3.86. The number of pyridine rings is 1. The Labute approximate surface area is 223 Å². The molecule has 2 atom stereocenters. The number of thiocarbonyl (C=S) groups is 1. The predicted molar refractivity (Wildman–Crippen MR) is 147 cm³/mol. The van der Waals surface area contributed by atoms with Gasteiger partial charge in [-0.05, 0) is 74.1 Å². The highest BCUT2D eigenvalue weighted by Gasteiger charge is 2.41. The van der Waals surface area contributed by atoms with E-state index in [1.165, 1.54) is 12.8 Å². The van der Waals surface area contributed by atoms with Crippen LogP contribution in [0.25, 0.3) is 5.69 Å². The van der Waals surface area contributed by atoms with Crippen LogP contribution < -0.4 is 10.2 Å². The molecule has 2 aromatic heterocycles. The maximum atomic E-state index is 12.0. The first-order chi connectivity index (χ1) is 18.0. The summed E-state index contributed by atoms with van der Waals surface area (Å²) in [6.45, 7) is 8.09. The van der Waals surface area contributed by atoms with Crippen LogP contribution in [0.15, 0.2) is 54.7 Å². The van der Waals surface area contributed by atoms with Crippen molar-refractivity contribution in [2.75, 3.05) is 44.9 Å². The van der Waals surface area contributed by atoms with Crippen molar-refractivity contribution in [3.05, 3.63) is 77.4 Å². The Balaban J connectivity index is 1.50. The topological polar surface area (TPSA) is 71.9 Å². The van der Waals surface area contributed by atoms with Crippen LogP contribution in [-0.2, 0) is 14.3 Å². The monoisotopic (exact) mass is 519 g/mol. The number of morpholine rings is 1. The maximum absolute atomic E-state index is 12.0. The third-order valence-electron chi connectivity index (χ3n) is 7.26. The summed E-state index contributed by atoms with van der Waals surface area (Å²) < 4.78 is 12.7. The molecule has 37 heavy (non-hydrogen) atoms. The molecular formula is C28H33N5O3S. The number of aryl methyl sites for hydroxylation is 1. The van der Waals surface area contributed by atoms with Crippen LogP contribution in [0, 0.1) is 13.8 Å². The molecule has 5 rings (SSSR count). The minimum atomic E-state index is -0.256. The molecule has 3 aromatic rings. The highest BCUT2D eigenvalue weighted by molar-refractivity contribution is 7.80. The normalized spacial score (nSPS) is 19.7. The Kier molecular flexibility index (Phi) is 7.43. The number of ether oxygens (including phenoxy) is 2. The van der Waals surface area contributed by atoms with E-state index in [2.05, 4.69) is 68.8 Å². The van der Waals surface area contributed by atoms with Crippen LogP contribution in [0.1, 0.15) is 41.1 Å². The van der Waals surface area contributed by atoms with Crippen molar-refractivity contribution >= 4 is 29.0 Å². The molecule has 4 heterocycles. The van der Waals surface area contributed by atoms with E-state index in [-0.39, 0.29) is 24.5 Å². The molecule has 2 saturated heterocycles. The molecule has 2 aliphatic rings. The van der Waals surface area contributed by atoms with Crippen LogP contribution >= 0.6 is 12.2 Å². The van der Waals surface area contributed by atoms with Gasteiger partial charge in [-0.1, -0.05) is 6.07 Å². The number of rotatable bonds is 7. The molecule has 0 unspecified atom stereocenters. The highest BCUT2D eigenvalue weighted by atomic mass is 32.1. The average Bonchev–Trinajstić information content (AvgIpc) is 3.42. The highest BCUT2D eigenvalue weighted by Crippen LogP contribution is 2.41. The summed E-state index contributed by atoms with van der Waals surface area (Å²) in [6.07, 6.45) is 2.05. The van der Waals surface area contributed by atoms with Gasteiger partial charge in [-0.3, -0.25) is 9.78 Å². The van der Waals surface area contributed by atoms with E-state index in [0.29, 0.717) is 11.7 Å². The van der Waals surface area contributed by atoms with Crippen molar-refractivity contribution in [2.45, 2.75) is 32.4 Å². The van der Waals surface area contributed by atoms with Crippen molar-refractivity contribution in [2.24, 2.45) is 0 Å². The van der Waals surface area contributed by atoms with Gasteiger partial charge in [0.05, 0.1) is 44.5 Å². The molecule has 2 fully saturated rings. The Morgan fingerprint density at radius 2 is 1.86 bits per heavy atom. The Morgan fingerprint density at radius 1 is 1.14 bits per heavy atom. The maximum Gasteiger partial charge on any atom is 0.307 e. The van der Waals surface area contributed by atoms with E-state index in [1.807, 2.05) is 18.2 Å². The van der Waals surface area contributed by atoms with Gasteiger partial charge in [0.1, 0.15) is 0 Å². The van der Waals surface area contributed by atoms with Gasteiger partial charge in [0.2, 0.25) is 0 Å². The van der Waals surface area contributed by atoms with Gasteiger partial charge in [0.25, 0.3) is 0 Å². The minimum absolute atomic E-state index is 0.111. The summed E-state index contributed by atoms with van der Waals surface area (Å²) in [6, 6.07) is 16.6.